The van der Waals surface area contributed by atoms with Crippen molar-refractivity contribution in [3.63, 3.8) is 0 Å². The van der Waals surface area contributed by atoms with Gasteiger partial charge in [0, 0.05) is 24.1 Å². The van der Waals surface area contributed by atoms with E-state index in [1.807, 2.05) is 30.0 Å². The zero-order chi connectivity index (χ0) is 13.0. The number of aromatic nitrogens is 1. The van der Waals surface area contributed by atoms with Crippen LogP contribution in [-0.2, 0) is 5.88 Å². The third-order valence-electron chi connectivity index (χ3n) is 2.68. The smallest absolute Gasteiger partial charge is 0.125 e. The lowest BCUT2D eigenvalue weighted by atomic mass is 10.2. The SMILES string of the molecule is CCN(c1cccc(F)c1)c1ccnc(CCl)c1. The molecule has 94 valence electrons. The molecule has 0 bridgehead atoms. The summed E-state index contributed by atoms with van der Waals surface area (Å²) in [5, 5.41) is 0. The zero-order valence-electron chi connectivity index (χ0n) is 10.1. The molecule has 1 aromatic carbocycles. The monoisotopic (exact) mass is 264 g/mol. The van der Waals surface area contributed by atoms with Crippen LogP contribution >= 0.6 is 11.6 Å². The van der Waals surface area contributed by atoms with Gasteiger partial charge in [0.25, 0.3) is 0 Å². The highest BCUT2D eigenvalue weighted by atomic mass is 35.5. The molecule has 0 aliphatic carbocycles. The molecule has 2 aromatic rings. The lowest BCUT2D eigenvalue weighted by molar-refractivity contribution is 0.627. The molecule has 0 amide bonds. The van der Waals surface area contributed by atoms with Crippen LogP contribution in [0.25, 0.3) is 0 Å². The van der Waals surface area contributed by atoms with Gasteiger partial charge in [0.1, 0.15) is 5.82 Å². The quantitative estimate of drug-likeness (QED) is 0.773. The van der Waals surface area contributed by atoms with Crippen LogP contribution in [0.1, 0.15) is 12.6 Å². The molecule has 0 atom stereocenters. The fourth-order valence-corrected chi connectivity index (χ4v) is 2.01. The molecule has 0 saturated heterocycles. The highest BCUT2D eigenvalue weighted by Gasteiger charge is 2.08. The number of pyridine rings is 1. The van der Waals surface area contributed by atoms with Gasteiger partial charge in [0.15, 0.2) is 0 Å². The number of benzene rings is 1. The van der Waals surface area contributed by atoms with Gasteiger partial charge in [-0.1, -0.05) is 6.07 Å². The molecule has 0 fully saturated rings. The fraction of sp³-hybridized carbons (Fsp3) is 0.214. The van der Waals surface area contributed by atoms with Gasteiger partial charge in [0.05, 0.1) is 11.6 Å². The molecule has 0 aliphatic rings. The fourth-order valence-electron chi connectivity index (χ4n) is 1.86. The molecule has 4 heteroatoms. The van der Waals surface area contributed by atoms with Gasteiger partial charge in [-0.3, -0.25) is 4.98 Å². The maximum Gasteiger partial charge on any atom is 0.125 e. The Bertz CT molecular complexity index is 531. The first-order valence-electron chi connectivity index (χ1n) is 5.78. The number of rotatable bonds is 4. The highest BCUT2D eigenvalue weighted by molar-refractivity contribution is 6.16. The molecular weight excluding hydrogens is 251 g/mol. The normalized spacial score (nSPS) is 10.4. The second-order valence-corrected chi connectivity index (χ2v) is 4.13. The van der Waals surface area contributed by atoms with Crippen molar-refractivity contribution in [2.45, 2.75) is 12.8 Å². The summed E-state index contributed by atoms with van der Waals surface area (Å²) in [5.41, 5.74) is 2.60. The van der Waals surface area contributed by atoms with Crippen LogP contribution in [0, 0.1) is 5.82 Å². The minimum atomic E-state index is -0.238. The van der Waals surface area contributed by atoms with Gasteiger partial charge in [-0.2, -0.15) is 0 Å². The van der Waals surface area contributed by atoms with E-state index in [0.29, 0.717) is 5.88 Å². The minimum Gasteiger partial charge on any atom is -0.342 e. The summed E-state index contributed by atoms with van der Waals surface area (Å²) >= 11 is 5.78. The standard InChI is InChI=1S/C14H14ClFN2/c1-2-18(13-5-3-4-11(16)8-13)14-6-7-17-12(9-14)10-15/h3-9H,2,10H2,1H3. The first-order valence-corrected chi connectivity index (χ1v) is 6.32. The maximum absolute atomic E-state index is 13.3. The van der Waals surface area contributed by atoms with Crippen molar-refractivity contribution in [1.29, 1.82) is 0 Å². The number of alkyl halides is 1. The van der Waals surface area contributed by atoms with Crippen molar-refractivity contribution >= 4 is 23.0 Å². The number of halogens is 2. The molecule has 1 aromatic heterocycles. The van der Waals surface area contributed by atoms with Crippen LogP contribution in [0.15, 0.2) is 42.6 Å². The largest absolute Gasteiger partial charge is 0.342 e. The summed E-state index contributed by atoms with van der Waals surface area (Å²) in [4.78, 5) is 6.17. The van der Waals surface area contributed by atoms with Crippen molar-refractivity contribution in [2.75, 3.05) is 11.4 Å². The second kappa shape index (κ2) is 5.83. The highest BCUT2D eigenvalue weighted by Crippen LogP contribution is 2.25. The summed E-state index contributed by atoms with van der Waals surface area (Å²) in [6, 6.07) is 10.4. The van der Waals surface area contributed by atoms with Gasteiger partial charge < -0.3 is 4.90 Å². The summed E-state index contributed by atoms with van der Waals surface area (Å²) < 4.78 is 13.3. The van der Waals surface area contributed by atoms with Crippen LogP contribution in [0.5, 0.6) is 0 Å². The molecule has 18 heavy (non-hydrogen) atoms. The van der Waals surface area contributed by atoms with Crippen LogP contribution in [-0.4, -0.2) is 11.5 Å². The predicted molar refractivity (Wildman–Crippen MR) is 72.9 cm³/mol. The van der Waals surface area contributed by atoms with Gasteiger partial charge in [-0.25, -0.2) is 4.39 Å². The summed E-state index contributed by atoms with van der Waals surface area (Å²) in [5.74, 6) is 0.131. The van der Waals surface area contributed by atoms with E-state index in [2.05, 4.69) is 4.98 Å². The van der Waals surface area contributed by atoms with Crippen LogP contribution in [0.3, 0.4) is 0 Å². The van der Waals surface area contributed by atoms with E-state index >= 15 is 0 Å². The van der Waals surface area contributed by atoms with Gasteiger partial charge in [0.2, 0.25) is 0 Å². The number of hydrogen-bond donors (Lipinski definition) is 0. The minimum absolute atomic E-state index is 0.238. The molecule has 0 saturated carbocycles. The Labute approximate surface area is 111 Å². The Morgan fingerprint density at radius 3 is 2.67 bits per heavy atom. The van der Waals surface area contributed by atoms with E-state index in [1.165, 1.54) is 12.1 Å². The topological polar surface area (TPSA) is 16.1 Å². The van der Waals surface area contributed by atoms with Crippen molar-refractivity contribution in [3.05, 3.63) is 54.1 Å². The first-order chi connectivity index (χ1) is 8.74. The molecule has 0 N–H and O–H groups in total. The van der Waals surface area contributed by atoms with Crippen LogP contribution in [0.4, 0.5) is 15.8 Å². The van der Waals surface area contributed by atoms with E-state index in [4.69, 9.17) is 11.6 Å². The van der Waals surface area contributed by atoms with E-state index in [0.717, 1.165) is 23.6 Å². The Balaban J connectivity index is 2.38. The average Bonchev–Trinajstić information content (AvgIpc) is 2.40. The first kappa shape index (κ1) is 12.8. The van der Waals surface area contributed by atoms with Gasteiger partial charge >= 0.3 is 0 Å². The molecule has 1 heterocycles. The Morgan fingerprint density at radius 1 is 1.22 bits per heavy atom. The van der Waals surface area contributed by atoms with Crippen molar-refractivity contribution in [2.24, 2.45) is 0 Å². The molecule has 0 radical (unpaired) electrons. The number of hydrogen-bond acceptors (Lipinski definition) is 2. The van der Waals surface area contributed by atoms with Crippen LogP contribution < -0.4 is 4.90 Å². The number of anilines is 2. The maximum atomic E-state index is 13.3. The van der Waals surface area contributed by atoms with E-state index in [-0.39, 0.29) is 5.82 Å². The second-order valence-electron chi connectivity index (χ2n) is 3.86. The van der Waals surface area contributed by atoms with E-state index in [9.17, 15) is 4.39 Å². The number of nitrogens with zero attached hydrogens (tertiary/aromatic N) is 2. The predicted octanol–water partition coefficient (Wildman–Crippen LogP) is 4.12. The lowest BCUT2D eigenvalue weighted by Crippen LogP contribution is -2.16. The van der Waals surface area contributed by atoms with Crippen molar-refractivity contribution in [1.82, 2.24) is 4.98 Å². The lowest BCUT2D eigenvalue weighted by Gasteiger charge is -2.23. The van der Waals surface area contributed by atoms with E-state index < -0.39 is 0 Å². The molecule has 0 spiro atoms. The molecule has 0 unspecified atom stereocenters. The third kappa shape index (κ3) is 2.79. The van der Waals surface area contributed by atoms with E-state index in [1.54, 1.807) is 12.3 Å². The van der Waals surface area contributed by atoms with Gasteiger partial charge in [-0.15, -0.1) is 11.6 Å². The summed E-state index contributed by atoms with van der Waals surface area (Å²) in [6.07, 6.45) is 1.72. The summed E-state index contributed by atoms with van der Waals surface area (Å²) in [6.45, 7) is 2.76. The van der Waals surface area contributed by atoms with Crippen LogP contribution in [0.2, 0.25) is 0 Å². The molecule has 2 rings (SSSR count). The Morgan fingerprint density at radius 2 is 2.00 bits per heavy atom. The summed E-state index contributed by atoms with van der Waals surface area (Å²) in [7, 11) is 0. The molecule has 0 aliphatic heterocycles. The third-order valence-corrected chi connectivity index (χ3v) is 2.96. The van der Waals surface area contributed by atoms with Crippen molar-refractivity contribution < 1.29 is 4.39 Å². The Hall–Kier alpha value is -1.61. The molecule has 2 nitrogen and oxygen atoms in total. The zero-order valence-corrected chi connectivity index (χ0v) is 10.9. The average molecular weight is 265 g/mol. The van der Waals surface area contributed by atoms with Gasteiger partial charge in [-0.05, 0) is 37.3 Å². The molecular formula is C14H14ClFN2. The Kier molecular flexibility index (Phi) is 4.15. The van der Waals surface area contributed by atoms with Crippen molar-refractivity contribution in [3.8, 4) is 0 Å².